The molecule has 1 heterocycles. The number of nitro groups is 1. The second-order valence-corrected chi connectivity index (χ2v) is 6.01. The van der Waals surface area contributed by atoms with Crippen molar-refractivity contribution < 1.29 is 9.72 Å². The lowest BCUT2D eigenvalue weighted by Gasteiger charge is -2.06. The Morgan fingerprint density at radius 1 is 1.19 bits per heavy atom. The minimum atomic E-state index is -0.500. The van der Waals surface area contributed by atoms with Crippen molar-refractivity contribution in [2.24, 2.45) is 0 Å². The normalized spacial score (nSPS) is 10.5. The van der Waals surface area contributed by atoms with Gasteiger partial charge in [-0.05, 0) is 24.6 Å². The number of hydrogen-bond donors (Lipinski definition) is 1. The topological polar surface area (TPSA) is 90.1 Å². The smallest absolute Gasteiger partial charge is 0.269 e. The molecule has 7 nitrogen and oxygen atoms in total. The molecule has 1 aromatic heterocycles. The average molecular weight is 371 g/mol. The Morgan fingerprint density at radius 2 is 1.85 bits per heavy atom. The van der Waals surface area contributed by atoms with Crippen LogP contribution in [0.4, 0.5) is 11.4 Å². The molecule has 0 saturated carbocycles. The lowest BCUT2D eigenvalue weighted by molar-refractivity contribution is -0.384. The number of halogens is 1. The Kier molecular flexibility index (Phi) is 4.99. The van der Waals surface area contributed by atoms with Crippen LogP contribution in [0.1, 0.15) is 21.6 Å². The van der Waals surface area contributed by atoms with E-state index in [4.69, 9.17) is 11.6 Å². The number of rotatable bonds is 5. The molecule has 3 aromatic rings. The van der Waals surface area contributed by atoms with Crippen LogP contribution in [0.15, 0.2) is 54.6 Å². The average Bonchev–Trinajstić information content (AvgIpc) is 2.90. The molecule has 0 aliphatic rings. The molecule has 8 heteroatoms. The van der Waals surface area contributed by atoms with Crippen LogP contribution in [-0.2, 0) is 6.54 Å². The third kappa shape index (κ3) is 3.73. The predicted octanol–water partition coefficient (Wildman–Crippen LogP) is 4.05. The van der Waals surface area contributed by atoms with Gasteiger partial charge in [0, 0.05) is 17.8 Å². The molecule has 132 valence electrons. The summed E-state index contributed by atoms with van der Waals surface area (Å²) in [5.74, 6) is -0.416. The standard InChI is InChI=1S/C18H15ClN4O3/c1-12-16(17(19)22(21-12)11-13-5-3-2-4-6-13)18(24)20-14-7-9-15(10-8-14)23(25)26/h2-10H,11H2,1H3,(H,20,24). The summed E-state index contributed by atoms with van der Waals surface area (Å²) >= 11 is 6.36. The van der Waals surface area contributed by atoms with Gasteiger partial charge in [0.25, 0.3) is 11.6 Å². The molecular formula is C18H15ClN4O3. The van der Waals surface area contributed by atoms with E-state index in [0.717, 1.165) is 5.56 Å². The Balaban J connectivity index is 1.80. The SMILES string of the molecule is Cc1nn(Cc2ccccc2)c(Cl)c1C(=O)Nc1ccc([N+](=O)[O-])cc1. The molecule has 1 amide bonds. The summed E-state index contributed by atoms with van der Waals surface area (Å²) in [6, 6.07) is 15.2. The summed E-state index contributed by atoms with van der Waals surface area (Å²) in [6.45, 7) is 2.16. The Morgan fingerprint density at radius 3 is 2.46 bits per heavy atom. The molecule has 0 spiro atoms. The number of aryl methyl sites for hydroxylation is 1. The van der Waals surface area contributed by atoms with Gasteiger partial charge in [0.15, 0.2) is 0 Å². The van der Waals surface area contributed by atoms with Crippen LogP contribution in [-0.4, -0.2) is 20.6 Å². The van der Waals surface area contributed by atoms with Crippen molar-refractivity contribution >= 4 is 28.9 Å². The van der Waals surface area contributed by atoms with Gasteiger partial charge in [-0.3, -0.25) is 14.9 Å². The maximum Gasteiger partial charge on any atom is 0.269 e. The number of carbonyl (C=O) groups is 1. The number of non-ortho nitro benzene ring substituents is 1. The molecule has 0 radical (unpaired) electrons. The highest BCUT2D eigenvalue weighted by molar-refractivity contribution is 6.33. The summed E-state index contributed by atoms with van der Waals surface area (Å²) in [5, 5.41) is 18.0. The number of amides is 1. The van der Waals surface area contributed by atoms with Gasteiger partial charge in [-0.1, -0.05) is 41.9 Å². The molecule has 0 atom stereocenters. The van der Waals surface area contributed by atoms with Crippen molar-refractivity contribution in [2.45, 2.75) is 13.5 Å². The molecule has 0 bridgehead atoms. The molecule has 0 aliphatic carbocycles. The molecule has 0 unspecified atom stereocenters. The van der Waals surface area contributed by atoms with Crippen LogP contribution < -0.4 is 5.32 Å². The Bertz CT molecular complexity index is 953. The van der Waals surface area contributed by atoms with Gasteiger partial charge in [-0.25, -0.2) is 4.68 Å². The fourth-order valence-electron chi connectivity index (χ4n) is 2.53. The molecule has 0 saturated heterocycles. The number of carbonyl (C=O) groups excluding carboxylic acids is 1. The van der Waals surface area contributed by atoms with E-state index in [-0.39, 0.29) is 16.4 Å². The quantitative estimate of drug-likeness (QED) is 0.541. The number of hydrogen-bond acceptors (Lipinski definition) is 4. The van der Waals surface area contributed by atoms with Crippen molar-refractivity contribution in [1.82, 2.24) is 9.78 Å². The maximum atomic E-state index is 12.6. The van der Waals surface area contributed by atoms with Crippen molar-refractivity contribution in [3.05, 3.63) is 86.7 Å². The number of aromatic nitrogens is 2. The molecule has 26 heavy (non-hydrogen) atoms. The zero-order chi connectivity index (χ0) is 18.7. The van der Waals surface area contributed by atoms with Gasteiger partial charge in [0.05, 0.1) is 22.7 Å². The fraction of sp³-hybridized carbons (Fsp3) is 0.111. The zero-order valence-corrected chi connectivity index (χ0v) is 14.6. The van der Waals surface area contributed by atoms with Gasteiger partial charge in [-0.2, -0.15) is 5.10 Å². The van der Waals surface area contributed by atoms with Gasteiger partial charge < -0.3 is 5.32 Å². The largest absolute Gasteiger partial charge is 0.322 e. The fourth-order valence-corrected chi connectivity index (χ4v) is 2.85. The van der Waals surface area contributed by atoms with E-state index in [1.165, 1.54) is 24.3 Å². The van der Waals surface area contributed by atoms with E-state index in [2.05, 4.69) is 10.4 Å². The summed E-state index contributed by atoms with van der Waals surface area (Å²) in [5.41, 5.74) is 2.19. The third-order valence-corrected chi connectivity index (χ3v) is 4.19. The number of benzene rings is 2. The molecule has 0 aliphatic heterocycles. The van der Waals surface area contributed by atoms with Gasteiger partial charge in [0.2, 0.25) is 0 Å². The number of nitrogens with zero attached hydrogens (tertiary/aromatic N) is 3. The number of nitro benzene ring substituents is 1. The maximum absolute atomic E-state index is 12.6. The van der Waals surface area contributed by atoms with E-state index >= 15 is 0 Å². The first-order chi connectivity index (χ1) is 12.5. The molecule has 2 aromatic carbocycles. The minimum absolute atomic E-state index is 0.0482. The van der Waals surface area contributed by atoms with Crippen molar-refractivity contribution in [3.8, 4) is 0 Å². The minimum Gasteiger partial charge on any atom is -0.322 e. The summed E-state index contributed by atoms with van der Waals surface area (Å²) in [6.07, 6.45) is 0. The van der Waals surface area contributed by atoms with Crippen molar-refractivity contribution in [1.29, 1.82) is 0 Å². The van der Waals surface area contributed by atoms with Crippen LogP contribution in [0.5, 0.6) is 0 Å². The van der Waals surface area contributed by atoms with Crippen LogP contribution in [0.2, 0.25) is 5.15 Å². The van der Waals surface area contributed by atoms with Crippen LogP contribution in [0.3, 0.4) is 0 Å². The summed E-state index contributed by atoms with van der Waals surface area (Å²) in [4.78, 5) is 22.7. The van der Waals surface area contributed by atoms with Crippen LogP contribution >= 0.6 is 11.6 Å². The molecular weight excluding hydrogens is 356 g/mol. The first-order valence-corrected chi connectivity index (χ1v) is 8.16. The van der Waals surface area contributed by atoms with Crippen molar-refractivity contribution in [2.75, 3.05) is 5.32 Å². The summed E-state index contributed by atoms with van der Waals surface area (Å²) in [7, 11) is 0. The van der Waals surface area contributed by atoms with Gasteiger partial charge in [-0.15, -0.1) is 0 Å². The third-order valence-electron chi connectivity index (χ3n) is 3.80. The molecule has 1 N–H and O–H groups in total. The van der Waals surface area contributed by atoms with E-state index in [1.54, 1.807) is 11.6 Å². The second-order valence-electron chi connectivity index (χ2n) is 5.65. The molecule has 0 fully saturated rings. The first-order valence-electron chi connectivity index (χ1n) is 7.78. The van der Waals surface area contributed by atoms with Gasteiger partial charge >= 0.3 is 0 Å². The van der Waals surface area contributed by atoms with E-state index in [9.17, 15) is 14.9 Å². The Hall–Kier alpha value is -3.19. The van der Waals surface area contributed by atoms with Crippen molar-refractivity contribution in [3.63, 3.8) is 0 Å². The number of anilines is 1. The molecule has 3 rings (SSSR count). The lowest BCUT2D eigenvalue weighted by atomic mass is 10.2. The van der Waals surface area contributed by atoms with Crippen LogP contribution in [0.25, 0.3) is 0 Å². The predicted molar refractivity (Wildman–Crippen MR) is 98.6 cm³/mol. The number of nitrogens with one attached hydrogen (secondary N) is 1. The first kappa shape index (κ1) is 17.6. The lowest BCUT2D eigenvalue weighted by Crippen LogP contribution is -2.13. The highest BCUT2D eigenvalue weighted by Gasteiger charge is 2.20. The second kappa shape index (κ2) is 7.37. The van der Waals surface area contributed by atoms with E-state index in [0.29, 0.717) is 17.9 Å². The van der Waals surface area contributed by atoms with E-state index in [1.807, 2.05) is 30.3 Å². The highest BCUT2D eigenvalue weighted by atomic mass is 35.5. The highest BCUT2D eigenvalue weighted by Crippen LogP contribution is 2.23. The van der Waals surface area contributed by atoms with Gasteiger partial charge in [0.1, 0.15) is 5.15 Å². The monoisotopic (exact) mass is 370 g/mol. The Labute approximate surface area is 154 Å². The van der Waals surface area contributed by atoms with Crippen LogP contribution in [0, 0.1) is 17.0 Å². The summed E-state index contributed by atoms with van der Waals surface area (Å²) < 4.78 is 1.57. The van der Waals surface area contributed by atoms with E-state index < -0.39 is 10.8 Å². The zero-order valence-electron chi connectivity index (χ0n) is 13.8.